The van der Waals surface area contributed by atoms with E-state index in [2.05, 4.69) is 15.2 Å². The number of nitrogens with zero attached hydrogens (tertiary/aromatic N) is 2. The molecule has 1 heterocycles. The molecule has 0 spiro atoms. The van der Waals surface area contributed by atoms with Crippen LogP contribution in [0.3, 0.4) is 0 Å². The Morgan fingerprint density at radius 1 is 1.47 bits per heavy atom. The summed E-state index contributed by atoms with van der Waals surface area (Å²) in [5.74, 6) is 0.106. The van der Waals surface area contributed by atoms with Crippen LogP contribution in [0.1, 0.15) is 25.7 Å². The Bertz CT molecular complexity index is 352. The molecule has 0 bridgehead atoms. The van der Waals surface area contributed by atoms with E-state index in [0.717, 1.165) is 32.2 Å². The Hall–Kier alpha value is -1.34. The first-order chi connectivity index (χ1) is 9.11. The van der Waals surface area contributed by atoms with Gasteiger partial charge in [-0.2, -0.15) is 0 Å². The van der Waals surface area contributed by atoms with Crippen LogP contribution in [0.2, 0.25) is 0 Å². The van der Waals surface area contributed by atoms with Gasteiger partial charge in [0.15, 0.2) is 5.96 Å². The van der Waals surface area contributed by atoms with E-state index in [4.69, 9.17) is 11.5 Å². The van der Waals surface area contributed by atoms with E-state index in [1.54, 1.807) is 0 Å². The minimum absolute atomic E-state index is 0.00429. The molecule has 1 aliphatic heterocycles. The van der Waals surface area contributed by atoms with Crippen LogP contribution in [0.4, 0.5) is 0 Å². The van der Waals surface area contributed by atoms with Crippen LogP contribution in [0, 0.1) is 0 Å². The summed E-state index contributed by atoms with van der Waals surface area (Å²) >= 11 is 0. The Morgan fingerprint density at radius 2 is 2.21 bits per heavy atom. The third kappa shape index (κ3) is 3.81. The molecule has 0 unspecified atom stereocenters. The van der Waals surface area contributed by atoms with Crippen molar-refractivity contribution in [1.29, 1.82) is 0 Å². The van der Waals surface area contributed by atoms with Crippen molar-refractivity contribution in [3.8, 4) is 0 Å². The van der Waals surface area contributed by atoms with Crippen molar-refractivity contribution in [1.82, 2.24) is 10.2 Å². The summed E-state index contributed by atoms with van der Waals surface area (Å²) in [6.45, 7) is 1.28. The first kappa shape index (κ1) is 14.1. The van der Waals surface area contributed by atoms with Gasteiger partial charge in [-0.15, -0.1) is 0 Å². The number of piperazine rings is 1. The van der Waals surface area contributed by atoms with Crippen molar-refractivity contribution >= 4 is 11.9 Å². The molecule has 0 radical (unpaired) electrons. The highest BCUT2D eigenvalue weighted by Crippen LogP contribution is 2.31. The van der Waals surface area contributed by atoms with Crippen molar-refractivity contribution in [2.24, 2.45) is 16.5 Å². The Kier molecular flexibility index (Phi) is 4.60. The van der Waals surface area contributed by atoms with E-state index in [1.165, 1.54) is 0 Å². The van der Waals surface area contributed by atoms with E-state index >= 15 is 0 Å². The summed E-state index contributed by atoms with van der Waals surface area (Å²) in [5, 5.41) is 12.1. The van der Waals surface area contributed by atoms with E-state index in [1.807, 2.05) is 0 Å². The molecule has 1 aliphatic carbocycles. The molecule has 6 N–H and O–H groups in total. The highest BCUT2D eigenvalue weighted by atomic mass is 16.3. The number of nitrogens with two attached hydrogens (primary N) is 2. The van der Waals surface area contributed by atoms with Gasteiger partial charge in [-0.1, -0.05) is 0 Å². The lowest BCUT2D eigenvalue weighted by atomic mass is 10.0. The van der Waals surface area contributed by atoms with Gasteiger partial charge in [-0.3, -0.25) is 14.7 Å². The molecule has 1 saturated carbocycles. The molecular weight excluding hydrogens is 246 g/mol. The van der Waals surface area contributed by atoms with E-state index in [-0.39, 0.29) is 30.6 Å². The van der Waals surface area contributed by atoms with Crippen molar-refractivity contribution in [3.05, 3.63) is 0 Å². The summed E-state index contributed by atoms with van der Waals surface area (Å²) in [6, 6.07) is 0.264. The largest absolute Gasteiger partial charge is 0.394 e. The highest BCUT2D eigenvalue weighted by Gasteiger charge is 2.41. The number of aliphatic hydroxyl groups is 1. The number of aliphatic imine (C=N–C) groups is 1. The highest BCUT2D eigenvalue weighted by molar-refractivity contribution is 5.83. The lowest BCUT2D eigenvalue weighted by Crippen LogP contribution is -2.61. The zero-order chi connectivity index (χ0) is 13.8. The first-order valence-corrected chi connectivity index (χ1v) is 6.84. The maximum atomic E-state index is 12.1. The second kappa shape index (κ2) is 6.21. The lowest BCUT2D eigenvalue weighted by Gasteiger charge is -2.39. The Morgan fingerprint density at radius 3 is 2.79 bits per heavy atom. The number of amides is 1. The molecule has 7 heteroatoms. The maximum absolute atomic E-state index is 12.1. The number of carbonyl (C=O) groups excluding carboxylic acids is 1. The van der Waals surface area contributed by atoms with Gasteiger partial charge in [-0.05, 0) is 25.7 Å². The first-order valence-electron chi connectivity index (χ1n) is 6.84. The second-order valence-corrected chi connectivity index (χ2v) is 5.28. The van der Waals surface area contributed by atoms with Gasteiger partial charge in [0, 0.05) is 19.1 Å². The fourth-order valence-electron chi connectivity index (χ4n) is 2.58. The average Bonchev–Trinajstić information content (AvgIpc) is 3.19. The molecular formula is C12H23N5O2. The minimum Gasteiger partial charge on any atom is -0.394 e. The summed E-state index contributed by atoms with van der Waals surface area (Å²) in [6.07, 6.45) is 3.83. The summed E-state index contributed by atoms with van der Waals surface area (Å²) in [7, 11) is 0. The molecule has 2 aliphatic rings. The van der Waals surface area contributed by atoms with Crippen molar-refractivity contribution < 1.29 is 9.90 Å². The van der Waals surface area contributed by atoms with Gasteiger partial charge in [0.05, 0.1) is 18.7 Å². The summed E-state index contributed by atoms with van der Waals surface area (Å²) in [5.41, 5.74) is 10.5. The standard InChI is InChI=1S/C12H23N5O2/c13-12(14)15-5-1-2-10-11(19)16-8(7-18)6-17(10)9-3-4-9/h8-10,18H,1-7H2,(H,16,19)(H4,13,14,15)/t8-,10+/m1/s1. The molecule has 0 aromatic heterocycles. The zero-order valence-electron chi connectivity index (χ0n) is 11.1. The van der Waals surface area contributed by atoms with Crippen LogP contribution in [0.25, 0.3) is 0 Å². The third-order valence-corrected chi connectivity index (χ3v) is 3.65. The molecule has 19 heavy (non-hydrogen) atoms. The number of hydrogen-bond acceptors (Lipinski definition) is 4. The van der Waals surface area contributed by atoms with Gasteiger partial charge >= 0.3 is 0 Å². The predicted molar refractivity (Wildman–Crippen MR) is 72.4 cm³/mol. The molecule has 108 valence electrons. The maximum Gasteiger partial charge on any atom is 0.237 e. The Labute approximate surface area is 113 Å². The Balaban J connectivity index is 1.88. The number of hydrogen-bond donors (Lipinski definition) is 4. The average molecular weight is 269 g/mol. The topological polar surface area (TPSA) is 117 Å². The number of aliphatic hydroxyl groups excluding tert-OH is 1. The van der Waals surface area contributed by atoms with Crippen LogP contribution in [-0.2, 0) is 4.79 Å². The van der Waals surface area contributed by atoms with Gasteiger partial charge < -0.3 is 21.9 Å². The van der Waals surface area contributed by atoms with E-state index < -0.39 is 0 Å². The van der Waals surface area contributed by atoms with Gasteiger partial charge in [0.25, 0.3) is 0 Å². The number of carbonyl (C=O) groups is 1. The second-order valence-electron chi connectivity index (χ2n) is 5.28. The van der Waals surface area contributed by atoms with Gasteiger partial charge in [-0.25, -0.2) is 0 Å². The summed E-state index contributed by atoms with van der Waals surface area (Å²) < 4.78 is 0. The number of rotatable bonds is 6. The fourth-order valence-corrected chi connectivity index (χ4v) is 2.58. The van der Waals surface area contributed by atoms with E-state index in [9.17, 15) is 9.90 Å². The van der Waals surface area contributed by atoms with Crippen LogP contribution in [0.15, 0.2) is 4.99 Å². The predicted octanol–water partition coefficient (Wildman–Crippen LogP) is -1.64. The molecule has 2 atom stereocenters. The quantitative estimate of drug-likeness (QED) is 0.262. The number of guanidine groups is 1. The third-order valence-electron chi connectivity index (χ3n) is 3.65. The molecule has 1 saturated heterocycles. The smallest absolute Gasteiger partial charge is 0.237 e. The molecule has 0 aromatic rings. The SMILES string of the molecule is NC(N)=NCCC[C@H]1C(=O)N[C@@H](CO)CN1C1CC1. The molecule has 2 fully saturated rings. The zero-order valence-corrected chi connectivity index (χ0v) is 11.1. The normalized spacial score (nSPS) is 27.9. The molecule has 7 nitrogen and oxygen atoms in total. The molecule has 1 amide bonds. The van der Waals surface area contributed by atoms with Crippen LogP contribution < -0.4 is 16.8 Å². The fraction of sp³-hybridized carbons (Fsp3) is 0.833. The molecule has 2 rings (SSSR count). The van der Waals surface area contributed by atoms with E-state index in [0.29, 0.717) is 12.6 Å². The monoisotopic (exact) mass is 269 g/mol. The van der Waals surface area contributed by atoms with Crippen LogP contribution in [-0.4, -0.2) is 59.7 Å². The number of nitrogens with one attached hydrogen (secondary N) is 1. The minimum atomic E-state index is -0.137. The summed E-state index contributed by atoms with van der Waals surface area (Å²) in [4.78, 5) is 18.2. The van der Waals surface area contributed by atoms with Crippen LogP contribution in [0.5, 0.6) is 0 Å². The van der Waals surface area contributed by atoms with Gasteiger partial charge in [0.1, 0.15) is 0 Å². The molecule has 0 aromatic carbocycles. The lowest BCUT2D eigenvalue weighted by molar-refractivity contribution is -0.132. The van der Waals surface area contributed by atoms with Crippen LogP contribution >= 0.6 is 0 Å². The van der Waals surface area contributed by atoms with Crippen molar-refractivity contribution in [2.75, 3.05) is 19.7 Å². The van der Waals surface area contributed by atoms with Gasteiger partial charge in [0.2, 0.25) is 5.91 Å². The van der Waals surface area contributed by atoms with Crippen molar-refractivity contribution in [2.45, 2.75) is 43.8 Å². The van der Waals surface area contributed by atoms with Crippen molar-refractivity contribution in [3.63, 3.8) is 0 Å².